The van der Waals surface area contributed by atoms with Gasteiger partial charge in [-0.2, -0.15) is 4.31 Å². The zero-order valence-electron chi connectivity index (χ0n) is 17.9. The van der Waals surface area contributed by atoms with Crippen LogP contribution in [0, 0.1) is 0 Å². The molecular formula is C20H36IN5O2S2. The largest absolute Gasteiger partial charge is 0.357 e. The van der Waals surface area contributed by atoms with Crippen molar-refractivity contribution in [2.24, 2.45) is 4.99 Å². The second-order valence-corrected chi connectivity index (χ2v) is 11.0. The molecule has 0 bridgehead atoms. The molecule has 0 atom stereocenters. The Balaban J connectivity index is 0.00000320. The van der Waals surface area contributed by atoms with E-state index in [0.717, 1.165) is 49.7 Å². The molecule has 10 heteroatoms. The molecule has 0 unspecified atom stereocenters. The van der Waals surface area contributed by atoms with Gasteiger partial charge >= 0.3 is 0 Å². The summed E-state index contributed by atoms with van der Waals surface area (Å²) in [7, 11) is -3.35. The van der Waals surface area contributed by atoms with Crippen LogP contribution in [0.4, 0.5) is 0 Å². The molecule has 0 aromatic carbocycles. The summed E-state index contributed by atoms with van der Waals surface area (Å²) in [5.41, 5.74) is 0. The molecule has 7 nitrogen and oxygen atoms in total. The van der Waals surface area contributed by atoms with Gasteiger partial charge in [0.25, 0.3) is 10.0 Å². The first-order chi connectivity index (χ1) is 14.1. The molecule has 0 amide bonds. The van der Waals surface area contributed by atoms with Crippen LogP contribution in [0.3, 0.4) is 0 Å². The van der Waals surface area contributed by atoms with E-state index in [1.54, 1.807) is 10.4 Å². The maximum absolute atomic E-state index is 12.8. The third-order valence-corrected chi connectivity index (χ3v) is 8.89. The van der Waals surface area contributed by atoms with E-state index in [1.165, 1.54) is 43.7 Å². The van der Waals surface area contributed by atoms with Gasteiger partial charge < -0.3 is 15.5 Å². The first kappa shape index (κ1) is 25.8. The van der Waals surface area contributed by atoms with Gasteiger partial charge in [-0.3, -0.25) is 0 Å². The second-order valence-electron chi connectivity index (χ2n) is 7.71. The first-order valence-corrected chi connectivity index (χ1v) is 13.2. The minimum atomic E-state index is -3.35. The van der Waals surface area contributed by atoms with E-state index in [4.69, 9.17) is 0 Å². The van der Waals surface area contributed by atoms with Gasteiger partial charge in [0.1, 0.15) is 4.21 Å². The highest BCUT2D eigenvalue weighted by Gasteiger charge is 2.27. The number of piperidine rings is 2. The van der Waals surface area contributed by atoms with Gasteiger partial charge in [0, 0.05) is 37.6 Å². The summed E-state index contributed by atoms with van der Waals surface area (Å²) in [6, 6.07) is 3.62. The lowest BCUT2D eigenvalue weighted by molar-refractivity contribution is 0.232. The predicted octanol–water partition coefficient (Wildman–Crippen LogP) is 3.08. The van der Waals surface area contributed by atoms with Gasteiger partial charge in [-0.05, 0) is 57.8 Å². The molecule has 1 aromatic rings. The van der Waals surface area contributed by atoms with Crippen LogP contribution in [0.25, 0.3) is 0 Å². The van der Waals surface area contributed by atoms with Crippen molar-refractivity contribution >= 4 is 51.3 Å². The number of guanidine groups is 1. The summed E-state index contributed by atoms with van der Waals surface area (Å²) in [4.78, 5) is 8.12. The monoisotopic (exact) mass is 569 g/mol. The Hall–Kier alpha value is -0.430. The van der Waals surface area contributed by atoms with E-state index >= 15 is 0 Å². The molecule has 3 heterocycles. The van der Waals surface area contributed by atoms with Gasteiger partial charge in [0.2, 0.25) is 0 Å². The summed E-state index contributed by atoms with van der Waals surface area (Å²) < 4.78 is 27.7. The summed E-state index contributed by atoms with van der Waals surface area (Å²) in [5.74, 6) is 0.790. The highest BCUT2D eigenvalue weighted by atomic mass is 127. The van der Waals surface area contributed by atoms with Crippen LogP contribution < -0.4 is 10.6 Å². The van der Waals surface area contributed by atoms with Crippen LogP contribution in [0.5, 0.6) is 0 Å². The number of nitrogens with one attached hydrogen (secondary N) is 2. The van der Waals surface area contributed by atoms with Crippen molar-refractivity contribution in [3.05, 3.63) is 17.0 Å². The molecule has 2 aliphatic heterocycles. The van der Waals surface area contributed by atoms with E-state index in [2.05, 4.69) is 27.4 Å². The molecule has 172 valence electrons. The summed E-state index contributed by atoms with van der Waals surface area (Å²) in [5, 5.41) is 6.68. The average molecular weight is 570 g/mol. The SMILES string of the molecule is CCNC(=NCc1ccc(S(=O)(=O)N2CCCCC2)s1)NCCN1CCCCC1.I. The minimum Gasteiger partial charge on any atom is -0.357 e. The van der Waals surface area contributed by atoms with Gasteiger partial charge in [-0.1, -0.05) is 12.8 Å². The fourth-order valence-electron chi connectivity index (χ4n) is 3.83. The van der Waals surface area contributed by atoms with Crippen molar-refractivity contribution in [2.45, 2.75) is 56.2 Å². The van der Waals surface area contributed by atoms with Crippen molar-refractivity contribution in [3.63, 3.8) is 0 Å². The van der Waals surface area contributed by atoms with Gasteiger partial charge in [-0.25, -0.2) is 13.4 Å². The van der Waals surface area contributed by atoms with E-state index in [-0.39, 0.29) is 24.0 Å². The van der Waals surface area contributed by atoms with Gasteiger partial charge in [0.15, 0.2) is 5.96 Å². The Morgan fingerprint density at radius 1 is 1.03 bits per heavy atom. The highest BCUT2D eigenvalue weighted by Crippen LogP contribution is 2.27. The van der Waals surface area contributed by atoms with E-state index in [9.17, 15) is 8.42 Å². The number of halogens is 1. The Bertz CT molecular complexity index is 757. The Labute approximate surface area is 202 Å². The Morgan fingerprint density at radius 3 is 2.37 bits per heavy atom. The third-order valence-electron chi connectivity index (χ3n) is 5.45. The van der Waals surface area contributed by atoms with Crippen LogP contribution in [0.2, 0.25) is 0 Å². The molecule has 30 heavy (non-hydrogen) atoms. The topological polar surface area (TPSA) is 77.0 Å². The normalized spacial score (nSPS) is 19.3. The van der Waals surface area contributed by atoms with Crippen molar-refractivity contribution in [3.8, 4) is 0 Å². The number of likely N-dealkylation sites (tertiary alicyclic amines) is 1. The number of aliphatic imine (C=N–C) groups is 1. The molecule has 2 aliphatic rings. The summed E-state index contributed by atoms with van der Waals surface area (Å²) >= 11 is 1.34. The molecule has 2 fully saturated rings. The van der Waals surface area contributed by atoms with Crippen LogP contribution in [0.15, 0.2) is 21.3 Å². The van der Waals surface area contributed by atoms with Crippen LogP contribution in [-0.2, 0) is 16.6 Å². The van der Waals surface area contributed by atoms with E-state index in [0.29, 0.717) is 23.8 Å². The van der Waals surface area contributed by atoms with Crippen LogP contribution >= 0.6 is 35.3 Å². The minimum absolute atomic E-state index is 0. The highest BCUT2D eigenvalue weighted by molar-refractivity contribution is 14.0. The fourth-order valence-corrected chi connectivity index (χ4v) is 6.78. The van der Waals surface area contributed by atoms with Gasteiger partial charge in [0.05, 0.1) is 6.54 Å². The number of thiophene rings is 1. The smallest absolute Gasteiger partial charge is 0.252 e. The van der Waals surface area contributed by atoms with Crippen molar-refractivity contribution in [1.29, 1.82) is 0 Å². The molecule has 2 saturated heterocycles. The van der Waals surface area contributed by atoms with Gasteiger partial charge in [-0.15, -0.1) is 35.3 Å². The molecule has 1 aromatic heterocycles. The maximum Gasteiger partial charge on any atom is 0.252 e. The molecular weight excluding hydrogens is 533 g/mol. The van der Waals surface area contributed by atoms with E-state index < -0.39 is 10.0 Å². The molecule has 0 aliphatic carbocycles. The van der Waals surface area contributed by atoms with Crippen LogP contribution in [-0.4, -0.2) is 69.4 Å². The zero-order chi connectivity index (χ0) is 20.5. The first-order valence-electron chi connectivity index (χ1n) is 10.9. The van der Waals surface area contributed by atoms with Crippen molar-refractivity contribution in [1.82, 2.24) is 19.8 Å². The Morgan fingerprint density at radius 2 is 1.70 bits per heavy atom. The summed E-state index contributed by atoms with van der Waals surface area (Å²) in [6.07, 6.45) is 6.98. The maximum atomic E-state index is 12.8. The number of hydrogen-bond donors (Lipinski definition) is 2. The molecule has 2 N–H and O–H groups in total. The standard InChI is InChI=1S/C20H35N5O2S2.HI/c1-2-21-20(22-11-16-24-12-5-3-6-13-24)23-17-18-9-10-19(28-18)29(26,27)25-14-7-4-8-15-25;/h9-10H,2-8,11-17H2,1H3,(H2,21,22,23);1H. The van der Waals surface area contributed by atoms with E-state index in [1.807, 2.05) is 6.07 Å². The lowest BCUT2D eigenvalue weighted by Gasteiger charge is -2.26. The number of nitrogens with zero attached hydrogens (tertiary/aromatic N) is 3. The van der Waals surface area contributed by atoms with Crippen molar-refractivity contribution < 1.29 is 8.42 Å². The van der Waals surface area contributed by atoms with Crippen LogP contribution in [0.1, 0.15) is 50.3 Å². The third kappa shape index (κ3) is 7.61. The lowest BCUT2D eigenvalue weighted by Crippen LogP contribution is -2.42. The molecule has 0 saturated carbocycles. The number of hydrogen-bond acceptors (Lipinski definition) is 5. The predicted molar refractivity (Wildman–Crippen MR) is 135 cm³/mol. The fraction of sp³-hybridized carbons (Fsp3) is 0.750. The second kappa shape index (κ2) is 13.2. The number of rotatable bonds is 8. The quantitative estimate of drug-likeness (QED) is 0.286. The Kier molecular flexibility index (Phi) is 11.4. The average Bonchev–Trinajstić information content (AvgIpc) is 3.23. The molecule has 0 spiro atoms. The molecule has 3 rings (SSSR count). The molecule has 0 radical (unpaired) electrons. The summed E-state index contributed by atoms with van der Waals surface area (Å²) in [6.45, 7) is 8.90. The van der Waals surface area contributed by atoms with Crippen molar-refractivity contribution in [2.75, 3.05) is 45.8 Å². The zero-order valence-corrected chi connectivity index (χ0v) is 21.9. The lowest BCUT2D eigenvalue weighted by atomic mass is 10.1. The number of sulfonamides is 1.